The van der Waals surface area contributed by atoms with E-state index in [0.717, 1.165) is 6.07 Å². The minimum Gasteiger partial charge on any atom is -0.493 e. The molecule has 1 aromatic heterocycles. The number of carbonyl (C=O) groups is 2. The molecule has 3 aromatic rings. The summed E-state index contributed by atoms with van der Waals surface area (Å²) in [5, 5.41) is 5.25. The fourth-order valence-corrected chi connectivity index (χ4v) is 2.61. The first-order valence-corrected chi connectivity index (χ1v) is 9.47. The Kier molecular flexibility index (Phi) is 6.75. The molecule has 0 saturated heterocycles. The van der Waals surface area contributed by atoms with Crippen molar-refractivity contribution in [2.45, 2.75) is 13.8 Å². The molecule has 2 amide bonds. The monoisotopic (exact) mass is 407 g/mol. The molecule has 0 atom stereocenters. The summed E-state index contributed by atoms with van der Waals surface area (Å²) >= 11 is 0. The quantitative estimate of drug-likeness (QED) is 0.592. The molecule has 1 heterocycles. The molecular formula is C23H22FN3O3. The molecule has 0 aliphatic heterocycles. The van der Waals surface area contributed by atoms with Crippen molar-refractivity contribution in [2.75, 3.05) is 17.2 Å². The lowest BCUT2D eigenvalue weighted by Crippen LogP contribution is -2.16. The zero-order chi connectivity index (χ0) is 21.5. The van der Waals surface area contributed by atoms with Crippen LogP contribution in [0.25, 0.3) is 0 Å². The number of rotatable bonds is 7. The smallest absolute Gasteiger partial charge is 0.258 e. The Morgan fingerprint density at radius 2 is 1.80 bits per heavy atom. The van der Waals surface area contributed by atoms with Crippen molar-refractivity contribution in [2.24, 2.45) is 5.92 Å². The predicted octanol–water partition coefficient (Wildman–Crippen LogP) is 4.76. The molecule has 2 N–H and O–H groups in total. The Bertz CT molecular complexity index is 1040. The van der Waals surface area contributed by atoms with Crippen LogP contribution in [0.15, 0.2) is 67.0 Å². The van der Waals surface area contributed by atoms with Crippen LogP contribution in [0.4, 0.5) is 15.8 Å². The van der Waals surface area contributed by atoms with E-state index in [0.29, 0.717) is 35.2 Å². The number of halogens is 1. The molecule has 7 heteroatoms. The second-order valence-electron chi connectivity index (χ2n) is 7.08. The van der Waals surface area contributed by atoms with E-state index in [1.165, 1.54) is 18.3 Å². The van der Waals surface area contributed by atoms with Gasteiger partial charge in [-0.25, -0.2) is 4.39 Å². The highest BCUT2D eigenvalue weighted by Gasteiger charge is 2.15. The van der Waals surface area contributed by atoms with Gasteiger partial charge in [-0.15, -0.1) is 0 Å². The summed E-state index contributed by atoms with van der Waals surface area (Å²) in [5.41, 5.74) is 0.938. The first kappa shape index (κ1) is 21.0. The van der Waals surface area contributed by atoms with E-state index in [1.807, 2.05) is 13.8 Å². The number of amides is 2. The van der Waals surface area contributed by atoms with Gasteiger partial charge in [0.25, 0.3) is 11.8 Å². The molecule has 0 aliphatic rings. The minimum atomic E-state index is -0.696. The third kappa shape index (κ3) is 5.64. The number of nitrogens with zero attached hydrogens (tertiary/aromatic N) is 1. The van der Waals surface area contributed by atoms with Gasteiger partial charge < -0.3 is 15.4 Å². The minimum absolute atomic E-state index is 0.189. The molecular weight excluding hydrogens is 385 g/mol. The number of benzene rings is 2. The van der Waals surface area contributed by atoms with Crippen LogP contribution in [0.5, 0.6) is 5.75 Å². The number of hydrogen-bond donors (Lipinski definition) is 2. The van der Waals surface area contributed by atoms with Gasteiger partial charge in [-0.3, -0.25) is 14.6 Å². The van der Waals surface area contributed by atoms with Crippen molar-refractivity contribution < 1.29 is 18.7 Å². The van der Waals surface area contributed by atoms with Crippen LogP contribution in [0.1, 0.15) is 34.6 Å². The topological polar surface area (TPSA) is 80.3 Å². The first-order valence-electron chi connectivity index (χ1n) is 9.47. The van der Waals surface area contributed by atoms with Crippen LogP contribution in [-0.4, -0.2) is 23.4 Å². The summed E-state index contributed by atoms with van der Waals surface area (Å²) in [6, 6.07) is 13.9. The lowest BCUT2D eigenvalue weighted by molar-refractivity contribution is 0.101. The highest BCUT2D eigenvalue weighted by atomic mass is 19.1. The molecule has 154 valence electrons. The maximum absolute atomic E-state index is 14.2. The molecule has 30 heavy (non-hydrogen) atoms. The molecule has 3 rings (SSSR count). The largest absolute Gasteiger partial charge is 0.493 e. The standard InChI is InChI=1S/C23H22FN3O3/c1-15(2)14-30-19-7-3-5-16(11-19)22(28)26-17-8-9-21(24)20(12-17)23(29)27-18-6-4-10-25-13-18/h3-13,15H,14H2,1-2H3,(H,26,28)(H,27,29). The van der Waals surface area contributed by atoms with Crippen molar-refractivity contribution in [1.82, 2.24) is 4.98 Å². The average molecular weight is 407 g/mol. The number of hydrogen-bond acceptors (Lipinski definition) is 4. The van der Waals surface area contributed by atoms with E-state index in [1.54, 1.807) is 42.6 Å². The summed E-state index contributed by atoms with van der Waals surface area (Å²) in [5.74, 6) is -0.778. The third-order valence-corrected chi connectivity index (χ3v) is 4.07. The Hall–Kier alpha value is -3.74. The van der Waals surface area contributed by atoms with E-state index in [2.05, 4.69) is 15.6 Å². The highest BCUT2D eigenvalue weighted by Crippen LogP contribution is 2.19. The molecule has 2 aromatic carbocycles. The fourth-order valence-electron chi connectivity index (χ4n) is 2.61. The number of anilines is 2. The molecule has 0 aliphatic carbocycles. The predicted molar refractivity (Wildman–Crippen MR) is 113 cm³/mol. The zero-order valence-electron chi connectivity index (χ0n) is 16.7. The van der Waals surface area contributed by atoms with Crippen LogP contribution in [0, 0.1) is 11.7 Å². The lowest BCUT2D eigenvalue weighted by atomic mass is 10.1. The van der Waals surface area contributed by atoms with E-state index in [-0.39, 0.29) is 5.56 Å². The second-order valence-corrected chi connectivity index (χ2v) is 7.08. The van der Waals surface area contributed by atoms with Crippen LogP contribution in [-0.2, 0) is 0 Å². The summed E-state index contributed by atoms with van der Waals surface area (Å²) in [6.07, 6.45) is 3.02. The summed E-state index contributed by atoms with van der Waals surface area (Å²) in [7, 11) is 0. The maximum Gasteiger partial charge on any atom is 0.258 e. The van der Waals surface area contributed by atoms with Crippen LogP contribution in [0.3, 0.4) is 0 Å². The van der Waals surface area contributed by atoms with Gasteiger partial charge >= 0.3 is 0 Å². The summed E-state index contributed by atoms with van der Waals surface area (Å²) < 4.78 is 19.8. The lowest BCUT2D eigenvalue weighted by Gasteiger charge is -2.11. The fraction of sp³-hybridized carbons (Fsp3) is 0.174. The zero-order valence-corrected chi connectivity index (χ0v) is 16.7. The molecule has 0 radical (unpaired) electrons. The third-order valence-electron chi connectivity index (χ3n) is 4.07. The highest BCUT2D eigenvalue weighted by molar-refractivity contribution is 6.07. The Balaban J connectivity index is 1.72. The van der Waals surface area contributed by atoms with Crippen molar-refractivity contribution >= 4 is 23.2 Å². The maximum atomic E-state index is 14.2. The van der Waals surface area contributed by atoms with Crippen molar-refractivity contribution in [1.29, 1.82) is 0 Å². The van der Waals surface area contributed by atoms with E-state index < -0.39 is 17.6 Å². The summed E-state index contributed by atoms with van der Waals surface area (Å²) in [4.78, 5) is 28.9. The van der Waals surface area contributed by atoms with Gasteiger partial charge in [-0.05, 0) is 54.4 Å². The molecule has 0 saturated carbocycles. The van der Waals surface area contributed by atoms with E-state index in [4.69, 9.17) is 4.74 Å². The van der Waals surface area contributed by atoms with Crippen molar-refractivity contribution in [3.05, 3.63) is 83.9 Å². The first-order chi connectivity index (χ1) is 14.4. The van der Waals surface area contributed by atoms with Gasteiger partial charge in [0, 0.05) is 17.4 Å². The Labute approximate surface area is 174 Å². The number of nitrogens with one attached hydrogen (secondary N) is 2. The SMILES string of the molecule is CC(C)COc1cccc(C(=O)Nc2ccc(F)c(C(=O)Nc3cccnc3)c2)c1. The normalized spacial score (nSPS) is 10.5. The van der Waals surface area contributed by atoms with Gasteiger partial charge in [0.05, 0.1) is 24.1 Å². The van der Waals surface area contributed by atoms with Crippen molar-refractivity contribution in [3.63, 3.8) is 0 Å². The van der Waals surface area contributed by atoms with E-state index in [9.17, 15) is 14.0 Å². The van der Waals surface area contributed by atoms with Gasteiger partial charge in [0.2, 0.25) is 0 Å². The van der Waals surface area contributed by atoms with Gasteiger partial charge in [-0.1, -0.05) is 19.9 Å². The van der Waals surface area contributed by atoms with Gasteiger partial charge in [0.1, 0.15) is 11.6 Å². The van der Waals surface area contributed by atoms with Crippen LogP contribution < -0.4 is 15.4 Å². The van der Waals surface area contributed by atoms with Gasteiger partial charge in [0.15, 0.2) is 0 Å². The number of ether oxygens (including phenoxy) is 1. The number of carbonyl (C=O) groups excluding carboxylic acids is 2. The molecule has 6 nitrogen and oxygen atoms in total. The Morgan fingerprint density at radius 1 is 1.00 bits per heavy atom. The van der Waals surface area contributed by atoms with Crippen LogP contribution >= 0.6 is 0 Å². The van der Waals surface area contributed by atoms with Crippen LogP contribution in [0.2, 0.25) is 0 Å². The second kappa shape index (κ2) is 9.65. The molecule has 0 fully saturated rings. The summed E-state index contributed by atoms with van der Waals surface area (Å²) in [6.45, 7) is 4.61. The molecule has 0 spiro atoms. The van der Waals surface area contributed by atoms with Gasteiger partial charge in [-0.2, -0.15) is 0 Å². The number of pyridine rings is 1. The van der Waals surface area contributed by atoms with Crippen molar-refractivity contribution in [3.8, 4) is 5.75 Å². The number of aromatic nitrogens is 1. The average Bonchev–Trinajstić information content (AvgIpc) is 2.74. The molecule has 0 bridgehead atoms. The van der Waals surface area contributed by atoms with E-state index >= 15 is 0 Å². The Morgan fingerprint density at radius 3 is 2.53 bits per heavy atom. The molecule has 0 unspecified atom stereocenters.